The van der Waals surface area contributed by atoms with Gasteiger partial charge in [-0.15, -0.1) is 0 Å². The van der Waals surface area contributed by atoms with E-state index in [1.54, 1.807) is 6.92 Å². The number of pyridine rings is 1. The Hall–Kier alpha value is -6.91. The standard InChI is InChI=1S/C59H56N4/c1-38-20-13-14-25-47(38)56-41(4)39(2)40(3)55(42-21-11-10-12-22-42)57(56)62-37-61(51-28-17-18-29-52(51)62)46-24-19-23-44(34-46)59(8,9)45-30-31-49-48-26-15-16-27-50(48)63(53(49)35-45)54-36-43(32-33-60-54)58(5,6)7/h10-36H,37H2,1-9H3/i10D,11D,12D,13D,14D,20D,21D,22D,25D. The zero-order valence-corrected chi connectivity index (χ0v) is 37.4. The average molecular weight is 830 g/mol. The van der Waals surface area contributed by atoms with Gasteiger partial charge in [-0.3, -0.25) is 4.57 Å². The minimum absolute atomic E-state index is 0.0183. The number of hydrogen-bond donors (Lipinski definition) is 0. The van der Waals surface area contributed by atoms with Crippen molar-refractivity contribution in [2.45, 2.75) is 73.1 Å². The third-order valence-corrected chi connectivity index (χ3v) is 13.4. The highest BCUT2D eigenvalue weighted by molar-refractivity contribution is 6.09. The third-order valence-electron chi connectivity index (χ3n) is 13.4. The van der Waals surface area contributed by atoms with Crippen molar-refractivity contribution in [3.63, 3.8) is 0 Å². The van der Waals surface area contributed by atoms with Gasteiger partial charge in [0.05, 0.1) is 40.4 Å². The van der Waals surface area contributed by atoms with Crippen LogP contribution in [0.5, 0.6) is 0 Å². The van der Waals surface area contributed by atoms with Gasteiger partial charge in [-0.1, -0.05) is 144 Å². The zero-order valence-electron chi connectivity index (χ0n) is 46.4. The Bertz CT molecular complexity index is 3600. The highest BCUT2D eigenvalue weighted by Gasteiger charge is 2.34. The molecule has 63 heavy (non-hydrogen) atoms. The van der Waals surface area contributed by atoms with E-state index in [1.807, 2.05) is 51.2 Å². The van der Waals surface area contributed by atoms with Crippen molar-refractivity contribution in [1.29, 1.82) is 0 Å². The Morgan fingerprint density at radius 3 is 2.00 bits per heavy atom. The maximum atomic E-state index is 9.40. The number of nitrogens with zero attached hydrogens (tertiary/aromatic N) is 4. The molecule has 1 aliphatic rings. The summed E-state index contributed by atoms with van der Waals surface area (Å²) in [6.45, 7) is 18.8. The fourth-order valence-corrected chi connectivity index (χ4v) is 9.49. The molecule has 1 aliphatic heterocycles. The molecule has 3 heterocycles. The van der Waals surface area contributed by atoms with Crippen molar-refractivity contribution in [2.24, 2.45) is 0 Å². The van der Waals surface area contributed by atoms with E-state index in [4.69, 9.17) is 13.2 Å². The van der Waals surface area contributed by atoms with Crippen LogP contribution in [0.1, 0.15) is 85.9 Å². The van der Waals surface area contributed by atoms with Crippen molar-refractivity contribution in [1.82, 2.24) is 9.55 Å². The normalized spacial score (nSPS) is 15.0. The van der Waals surface area contributed by atoms with Crippen molar-refractivity contribution < 1.29 is 12.3 Å². The predicted octanol–water partition coefficient (Wildman–Crippen LogP) is 15.6. The van der Waals surface area contributed by atoms with Crippen molar-refractivity contribution >= 4 is 44.6 Å². The van der Waals surface area contributed by atoms with Gasteiger partial charge >= 0.3 is 0 Å². The van der Waals surface area contributed by atoms with Gasteiger partial charge in [0, 0.05) is 39.2 Å². The molecule has 0 amide bonds. The fourth-order valence-electron chi connectivity index (χ4n) is 9.49. The number of para-hydroxylation sites is 3. The number of benzene rings is 7. The van der Waals surface area contributed by atoms with Crippen LogP contribution in [-0.2, 0) is 10.8 Å². The molecular weight excluding hydrogens is 765 g/mol. The molecule has 0 bridgehead atoms. The first kappa shape index (κ1) is 31.0. The summed E-state index contributed by atoms with van der Waals surface area (Å²) >= 11 is 0. The lowest BCUT2D eigenvalue weighted by molar-refractivity contribution is 0.588. The smallest absolute Gasteiger partial charge is 0.137 e. The maximum Gasteiger partial charge on any atom is 0.137 e. The largest absolute Gasteiger partial charge is 0.321 e. The van der Waals surface area contributed by atoms with Crippen LogP contribution >= 0.6 is 0 Å². The Balaban J connectivity index is 1.16. The monoisotopic (exact) mass is 830 g/mol. The van der Waals surface area contributed by atoms with Crippen LogP contribution in [0.15, 0.2) is 164 Å². The minimum atomic E-state index is -0.504. The predicted molar refractivity (Wildman–Crippen MR) is 268 cm³/mol. The van der Waals surface area contributed by atoms with Crippen LogP contribution in [0.2, 0.25) is 0 Å². The summed E-state index contributed by atoms with van der Waals surface area (Å²) in [4.78, 5) is 9.21. The Morgan fingerprint density at radius 2 is 1.22 bits per heavy atom. The van der Waals surface area contributed by atoms with E-state index < -0.39 is 23.5 Å². The van der Waals surface area contributed by atoms with E-state index in [0.29, 0.717) is 33.5 Å². The van der Waals surface area contributed by atoms with Gasteiger partial charge < -0.3 is 9.80 Å². The number of anilines is 4. The molecule has 0 unspecified atom stereocenters. The molecule has 0 saturated carbocycles. The highest BCUT2D eigenvalue weighted by Crippen LogP contribution is 2.53. The molecule has 2 aromatic heterocycles. The molecule has 7 aromatic carbocycles. The first-order valence-corrected chi connectivity index (χ1v) is 21.6. The summed E-state index contributed by atoms with van der Waals surface area (Å²) in [6, 6.07) is 32.7. The summed E-state index contributed by atoms with van der Waals surface area (Å²) in [6.07, 6.45) is 1.90. The molecule has 0 spiro atoms. The molecule has 0 aliphatic carbocycles. The van der Waals surface area contributed by atoms with E-state index in [2.05, 4.69) is 128 Å². The lowest BCUT2D eigenvalue weighted by atomic mass is 9.77. The summed E-state index contributed by atoms with van der Waals surface area (Å²) in [5.41, 5.74) is 11.8. The highest BCUT2D eigenvalue weighted by atomic mass is 15.4. The Kier molecular flexibility index (Phi) is 7.47. The molecule has 0 radical (unpaired) electrons. The van der Waals surface area contributed by atoms with Crippen molar-refractivity contribution in [3.8, 4) is 28.1 Å². The van der Waals surface area contributed by atoms with Crippen LogP contribution in [0.25, 0.3) is 49.9 Å². The first-order chi connectivity index (χ1) is 34.1. The first-order valence-electron chi connectivity index (χ1n) is 26.1. The average Bonchev–Trinajstić information content (AvgIpc) is 3.92. The molecule has 0 saturated heterocycles. The number of rotatable bonds is 7. The molecule has 0 N–H and O–H groups in total. The number of fused-ring (bicyclic) bond motifs is 4. The third kappa shape index (κ3) is 6.63. The van der Waals surface area contributed by atoms with Crippen molar-refractivity contribution in [2.75, 3.05) is 16.5 Å². The second kappa shape index (κ2) is 15.2. The maximum absolute atomic E-state index is 9.40. The lowest BCUT2D eigenvalue weighted by Crippen LogP contribution is -2.26. The second-order valence-electron chi connectivity index (χ2n) is 18.4. The van der Waals surface area contributed by atoms with Crippen LogP contribution in [-0.4, -0.2) is 16.2 Å². The molecule has 0 atom stereocenters. The molecular formula is C59H56N4. The molecule has 9 aromatic rings. The molecule has 4 heteroatoms. The van der Waals surface area contributed by atoms with Crippen LogP contribution < -0.4 is 9.80 Å². The van der Waals surface area contributed by atoms with E-state index in [1.165, 1.54) is 5.56 Å². The van der Waals surface area contributed by atoms with E-state index in [0.717, 1.165) is 66.9 Å². The number of hydrogen-bond acceptors (Lipinski definition) is 3. The van der Waals surface area contributed by atoms with Gasteiger partial charge in [0.1, 0.15) is 12.5 Å². The fraction of sp³-hybridized carbons (Fsp3) is 0.203. The molecule has 4 nitrogen and oxygen atoms in total. The summed E-state index contributed by atoms with van der Waals surface area (Å²) in [7, 11) is 0. The van der Waals surface area contributed by atoms with E-state index in [9.17, 15) is 4.11 Å². The minimum Gasteiger partial charge on any atom is -0.321 e. The SMILES string of the molecule is [2H]c1c([2H])c([2H])c(-c2c(C)c(C)c(C)c(-c3c([2H])c([2H])c([2H])c([2H])c3C)c2N2CN(c3cccc(C(C)(C)c4ccc5c6ccccc6n(-c6cc(C(C)(C)C)ccn6)c5c4)c3)c3ccccc32)c([2H])c1[2H]. The summed E-state index contributed by atoms with van der Waals surface area (Å²) < 4.78 is 82.8. The van der Waals surface area contributed by atoms with Gasteiger partial charge in [0.25, 0.3) is 0 Å². The summed E-state index contributed by atoms with van der Waals surface area (Å²) in [5.74, 6) is 0.863. The molecule has 312 valence electrons. The van der Waals surface area contributed by atoms with Gasteiger partial charge in [-0.05, 0) is 132 Å². The van der Waals surface area contributed by atoms with Crippen LogP contribution in [0.3, 0.4) is 0 Å². The van der Waals surface area contributed by atoms with E-state index in [-0.39, 0.29) is 53.9 Å². The van der Waals surface area contributed by atoms with Crippen LogP contribution in [0, 0.1) is 27.7 Å². The van der Waals surface area contributed by atoms with E-state index >= 15 is 0 Å². The van der Waals surface area contributed by atoms with Gasteiger partial charge in [-0.2, -0.15) is 0 Å². The Morgan fingerprint density at radius 1 is 0.556 bits per heavy atom. The second-order valence-corrected chi connectivity index (χ2v) is 18.4. The molecule has 10 rings (SSSR count). The van der Waals surface area contributed by atoms with Gasteiger partial charge in [0.2, 0.25) is 0 Å². The zero-order chi connectivity index (χ0) is 51.6. The van der Waals surface area contributed by atoms with Gasteiger partial charge in [-0.25, -0.2) is 4.98 Å². The molecule has 0 fully saturated rings. The summed E-state index contributed by atoms with van der Waals surface area (Å²) in [5, 5.41) is 2.29. The quantitative estimate of drug-likeness (QED) is 0.160. The topological polar surface area (TPSA) is 24.3 Å². The van der Waals surface area contributed by atoms with Crippen molar-refractivity contribution in [3.05, 3.63) is 203 Å². The van der Waals surface area contributed by atoms with Crippen LogP contribution in [0.4, 0.5) is 22.7 Å². The Labute approximate surface area is 385 Å². The lowest BCUT2D eigenvalue weighted by Gasteiger charge is -2.31. The van der Waals surface area contributed by atoms with Gasteiger partial charge in [0.15, 0.2) is 0 Å². The number of aromatic nitrogens is 2.